The third kappa shape index (κ3) is 1.70. The smallest absolute Gasteiger partial charge is 0.137 e. The summed E-state index contributed by atoms with van der Waals surface area (Å²) in [5, 5.41) is 1.17. The van der Waals surface area contributed by atoms with Crippen molar-refractivity contribution in [2.24, 2.45) is 0 Å². The van der Waals surface area contributed by atoms with Gasteiger partial charge in [0, 0.05) is 18.1 Å². The van der Waals surface area contributed by atoms with Crippen LogP contribution in [-0.2, 0) is 6.54 Å². The van der Waals surface area contributed by atoms with Crippen molar-refractivity contribution in [1.29, 1.82) is 0 Å². The molecule has 0 aliphatic carbocycles. The molecule has 3 heteroatoms. The Morgan fingerprint density at radius 1 is 1.31 bits per heavy atom. The highest BCUT2D eigenvalue weighted by Crippen LogP contribution is 2.10. The molecule has 0 saturated carbocycles. The van der Waals surface area contributed by atoms with Gasteiger partial charge in [0.05, 0.1) is 5.69 Å². The summed E-state index contributed by atoms with van der Waals surface area (Å²) in [6.07, 6.45) is 1.91. The van der Waals surface area contributed by atoms with Gasteiger partial charge in [0.15, 0.2) is 0 Å². The molecule has 2 aromatic heterocycles. The van der Waals surface area contributed by atoms with Crippen LogP contribution in [-0.4, -0.2) is 29.0 Å². The lowest BCUT2D eigenvalue weighted by molar-refractivity contribution is 0.397. The van der Waals surface area contributed by atoms with Crippen LogP contribution in [0.2, 0.25) is 0 Å². The molecule has 0 atom stereocenters. The summed E-state index contributed by atoms with van der Waals surface area (Å²) in [6.45, 7) is 0.884. The van der Waals surface area contributed by atoms with E-state index < -0.39 is 0 Å². The summed E-state index contributed by atoms with van der Waals surface area (Å²) in [5.41, 5.74) is 2.07. The SMILES string of the molecule is CN(C)Cc1ccc2cc[nH]c2n1. The van der Waals surface area contributed by atoms with Crippen LogP contribution in [0.15, 0.2) is 24.4 Å². The topological polar surface area (TPSA) is 31.9 Å². The van der Waals surface area contributed by atoms with Crippen molar-refractivity contribution in [3.8, 4) is 0 Å². The molecular formula is C10H13N3. The maximum Gasteiger partial charge on any atom is 0.137 e. The molecule has 0 amide bonds. The molecular weight excluding hydrogens is 162 g/mol. The molecule has 0 radical (unpaired) electrons. The number of aromatic amines is 1. The van der Waals surface area contributed by atoms with Crippen molar-refractivity contribution in [3.05, 3.63) is 30.1 Å². The molecule has 2 aromatic rings. The lowest BCUT2D eigenvalue weighted by atomic mass is 10.3. The van der Waals surface area contributed by atoms with E-state index in [9.17, 15) is 0 Å². The molecule has 68 valence electrons. The minimum atomic E-state index is 0.884. The Morgan fingerprint density at radius 2 is 2.15 bits per heavy atom. The number of rotatable bonds is 2. The predicted octanol–water partition coefficient (Wildman–Crippen LogP) is 1.62. The number of hydrogen-bond donors (Lipinski definition) is 1. The summed E-state index contributed by atoms with van der Waals surface area (Å²) in [5.74, 6) is 0. The maximum absolute atomic E-state index is 4.48. The van der Waals surface area contributed by atoms with Crippen LogP contribution < -0.4 is 0 Å². The van der Waals surface area contributed by atoms with Crippen molar-refractivity contribution in [3.63, 3.8) is 0 Å². The van der Waals surface area contributed by atoms with Crippen molar-refractivity contribution in [2.45, 2.75) is 6.54 Å². The van der Waals surface area contributed by atoms with Crippen molar-refractivity contribution in [1.82, 2.24) is 14.9 Å². The number of hydrogen-bond acceptors (Lipinski definition) is 2. The summed E-state index contributed by atoms with van der Waals surface area (Å²) >= 11 is 0. The lowest BCUT2D eigenvalue weighted by Gasteiger charge is -2.07. The van der Waals surface area contributed by atoms with Crippen molar-refractivity contribution >= 4 is 11.0 Å². The van der Waals surface area contributed by atoms with Crippen LogP contribution in [0.3, 0.4) is 0 Å². The number of pyridine rings is 1. The molecule has 0 bridgehead atoms. The third-order valence-electron chi connectivity index (χ3n) is 1.95. The fraction of sp³-hybridized carbons (Fsp3) is 0.300. The van der Waals surface area contributed by atoms with Gasteiger partial charge in [0.25, 0.3) is 0 Å². The molecule has 0 unspecified atom stereocenters. The highest BCUT2D eigenvalue weighted by Gasteiger charge is 1.99. The van der Waals surface area contributed by atoms with Gasteiger partial charge in [-0.25, -0.2) is 4.98 Å². The van der Waals surface area contributed by atoms with E-state index in [1.807, 2.05) is 26.4 Å². The van der Waals surface area contributed by atoms with E-state index in [-0.39, 0.29) is 0 Å². The van der Waals surface area contributed by atoms with E-state index in [1.54, 1.807) is 0 Å². The molecule has 2 heterocycles. The molecule has 0 saturated heterocycles. The second-order valence-corrected chi connectivity index (χ2v) is 3.46. The van der Waals surface area contributed by atoms with Gasteiger partial charge < -0.3 is 9.88 Å². The first-order chi connectivity index (χ1) is 6.25. The van der Waals surface area contributed by atoms with Crippen molar-refractivity contribution < 1.29 is 0 Å². The highest BCUT2D eigenvalue weighted by atomic mass is 15.1. The van der Waals surface area contributed by atoms with Gasteiger partial charge in [0.2, 0.25) is 0 Å². The highest BCUT2D eigenvalue weighted by molar-refractivity contribution is 5.75. The van der Waals surface area contributed by atoms with Gasteiger partial charge >= 0.3 is 0 Å². The Balaban J connectivity index is 2.37. The molecule has 13 heavy (non-hydrogen) atoms. The molecule has 0 aromatic carbocycles. The van der Waals surface area contributed by atoms with E-state index in [0.717, 1.165) is 17.9 Å². The molecule has 3 nitrogen and oxygen atoms in total. The molecule has 2 rings (SSSR count). The van der Waals surface area contributed by atoms with Crippen LogP contribution in [0.1, 0.15) is 5.69 Å². The Kier molecular flexibility index (Phi) is 2.02. The van der Waals surface area contributed by atoms with Gasteiger partial charge in [-0.2, -0.15) is 0 Å². The number of nitrogens with one attached hydrogen (secondary N) is 1. The monoisotopic (exact) mass is 175 g/mol. The summed E-state index contributed by atoms with van der Waals surface area (Å²) in [6, 6.07) is 6.19. The molecule has 0 spiro atoms. The van der Waals surface area contributed by atoms with Gasteiger partial charge in [-0.3, -0.25) is 0 Å². The average Bonchev–Trinajstić information content (AvgIpc) is 2.49. The van der Waals surface area contributed by atoms with Gasteiger partial charge in [-0.05, 0) is 32.3 Å². The van der Waals surface area contributed by atoms with Crippen LogP contribution in [0.5, 0.6) is 0 Å². The summed E-state index contributed by atoms with van der Waals surface area (Å²) < 4.78 is 0. The Bertz CT molecular complexity index is 403. The lowest BCUT2D eigenvalue weighted by Crippen LogP contribution is -2.11. The van der Waals surface area contributed by atoms with Crippen molar-refractivity contribution in [2.75, 3.05) is 14.1 Å². The number of H-pyrrole nitrogens is 1. The molecule has 0 fully saturated rings. The summed E-state index contributed by atoms with van der Waals surface area (Å²) in [4.78, 5) is 9.69. The Morgan fingerprint density at radius 3 is 2.92 bits per heavy atom. The zero-order valence-corrected chi connectivity index (χ0v) is 7.91. The largest absolute Gasteiger partial charge is 0.346 e. The van der Waals surface area contributed by atoms with Gasteiger partial charge in [-0.15, -0.1) is 0 Å². The minimum Gasteiger partial charge on any atom is -0.346 e. The molecule has 0 aliphatic heterocycles. The molecule has 0 aliphatic rings. The van der Waals surface area contributed by atoms with E-state index in [0.29, 0.717) is 0 Å². The maximum atomic E-state index is 4.48. The van der Waals surface area contributed by atoms with E-state index in [4.69, 9.17) is 0 Å². The Hall–Kier alpha value is -1.35. The van der Waals surface area contributed by atoms with E-state index >= 15 is 0 Å². The van der Waals surface area contributed by atoms with Crippen LogP contribution >= 0.6 is 0 Å². The number of nitrogens with zero attached hydrogens (tertiary/aromatic N) is 2. The fourth-order valence-electron chi connectivity index (χ4n) is 1.38. The van der Waals surface area contributed by atoms with Crippen LogP contribution in [0.4, 0.5) is 0 Å². The normalized spacial score (nSPS) is 11.3. The van der Waals surface area contributed by atoms with Gasteiger partial charge in [0.1, 0.15) is 5.65 Å². The van der Waals surface area contributed by atoms with Crippen LogP contribution in [0, 0.1) is 0 Å². The standard InChI is InChI=1S/C10H13N3/c1-13(2)7-9-4-3-8-5-6-11-10(8)12-9/h3-6H,7H2,1-2H3,(H,11,12). The first-order valence-electron chi connectivity index (χ1n) is 4.33. The quantitative estimate of drug-likeness (QED) is 0.752. The van der Waals surface area contributed by atoms with Gasteiger partial charge in [-0.1, -0.05) is 0 Å². The molecule has 1 N–H and O–H groups in total. The first-order valence-corrected chi connectivity index (χ1v) is 4.33. The summed E-state index contributed by atoms with van der Waals surface area (Å²) in [7, 11) is 4.08. The number of fused-ring (bicyclic) bond motifs is 1. The predicted molar refractivity (Wildman–Crippen MR) is 53.5 cm³/mol. The third-order valence-corrected chi connectivity index (χ3v) is 1.95. The second kappa shape index (κ2) is 3.18. The minimum absolute atomic E-state index is 0.884. The van der Waals surface area contributed by atoms with Crippen LogP contribution in [0.25, 0.3) is 11.0 Å². The fourth-order valence-corrected chi connectivity index (χ4v) is 1.38. The number of aromatic nitrogens is 2. The Labute approximate surface area is 77.4 Å². The second-order valence-electron chi connectivity index (χ2n) is 3.46. The zero-order chi connectivity index (χ0) is 9.26. The first kappa shape index (κ1) is 8.26. The zero-order valence-electron chi connectivity index (χ0n) is 7.91. The van der Waals surface area contributed by atoms with E-state index in [2.05, 4.69) is 27.0 Å². The average molecular weight is 175 g/mol. The van der Waals surface area contributed by atoms with E-state index in [1.165, 1.54) is 5.39 Å².